The van der Waals surface area contributed by atoms with Crippen LogP contribution in [0, 0.1) is 5.92 Å². The number of halogens is 1. The normalized spacial score (nSPS) is 21.1. The second kappa shape index (κ2) is 5.46. The highest BCUT2D eigenvalue weighted by Crippen LogP contribution is 2.27. The van der Waals surface area contributed by atoms with E-state index < -0.39 is 0 Å². The summed E-state index contributed by atoms with van der Waals surface area (Å²) < 4.78 is 0. The third-order valence-electron chi connectivity index (χ3n) is 3.04. The number of nitrogens with two attached hydrogens (primary N) is 1. The van der Waals surface area contributed by atoms with Gasteiger partial charge in [0.25, 0.3) is 0 Å². The number of anilines is 1. The van der Waals surface area contributed by atoms with Crippen molar-refractivity contribution in [1.82, 2.24) is 9.97 Å². The minimum atomic E-state index is 0.635. The lowest BCUT2D eigenvalue weighted by atomic mass is 9.95. The summed E-state index contributed by atoms with van der Waals surface area (Å²) in [4.78, 5) is 10.4. The lowest BCUT2D eigenvalue weighted by molar-refractivity contribution is 0.394. The zero-order chi connectivity index (χ0) is 11.4. The van der Waals surface area contributed by atoms with Gasteiger partial charge < -0.3 is 10.6 Å². The monoisotopic (exact) mass is 240 g/mol. The largest absolute Gasteiger partial charge is 0.355 e. The molecule has 1 atom stereocenters. The summed E-state index contributed by atoms with van der Waals surface area (Å²) in [6.45, 7) is 2.79. The molecular weight excluding hydrogens is 224 g/mol. The van der Waals surface area contributed by atoms with E-state index in [9.17, 15) is 0 Å². The van der Waals surface area contributed by atoms with Gasteiger partial charge in [-0.2, -0.15) is 0 Å². The summed E-state index contributed by atoms with van der Waals surface area (Å²) in [7, 11) is 0. The van der Waals surface area contributed by atoms with Crippen molar-refractivity contribution in [2.45, 2.75) is 19.3 Å². The highest BCUT2D eigenvalue weighted by molar-refractivity contribution is 6.32. The predicted molar refractivity (Wildman–Crippen MR) is 65.7 cm³/mol. The van der Waals surface area contributed by atoms with Gasteiger partial charge in [0.15, 0.2) is 5.82 Å². The summed E-state index contributed by atoms with van der Waals surface area (Å²) in [5, 5.41) is 0.635. The Labute approximate surface area is 101 Å². The Kier molecular flexibility index (Phi) is 3.96. The second-order valence-corrected chi connectivity index (χ2v) is 4.63. The van der Waals surface area contributed by atoms with Gasteiger partial charge in [-0.25, -0.2) is 9.97 Å². The molecule has 0 spiro atoms. The van der Waals surface area contributed by atoms with E-state index in [2.05, 4.69) is 14.9 Å². The quantitative estimate of drug-likeness (QED) is 0.874. The standard InChI is InChI=1S/C11H17ClN4/c12-10-6-14-8-15-11(10)16-5-1-2-9(7-16)3-4-13/h6,8-9H,1-5,7,13H2. The van der Waals surface area contributed by atoms with E-state index in [-0.39, 0.29) is 0 Å². The van der Waals surface area contributed by atoms with Gasteiger partial charge in [0.1, 0.15) is 11.3 Å². The van der Waals surface area contributed by atoms with Crippen LogP contribution in [0.2, 0.25) is 5.02 Å². The molecule has 0 radical (unpaired) electrons. The SMILES string of the molecule is NCCC1CCCN(c2ncncc2Cl)C1. The molecule has 0 aromatic carbocycles. The molecular formula is C11H17ClN4. The smallest absolute Gasteiger partial charge is 0.150 e. The van der Waals surface area contributed by atoms with Gasteiger partial charge in [-0.3, -0.25) is 0 Å². The van der Waals surface area contributed by atoms with Gasteiger partial charge in [-0.05, 0) is 31.7 Å². The van der Waals surface area contributed by atoms with Crippen molar-refractivity contribution >= 4 is 17.4 Å². The number of piperidine rings is 1. The maximum atomic E-state index is 6.09. The molecule has 1 aromatic heterocycles. The third-order valence-corrected chi connectivity index (χ3v) is 3.31. The Bertz CT molecular complexity index is 343. The molecule has 1 aliphatic rings. The van der Waals surface area contributed by atoms with Gasteiger partial charge in [-0.1, -0.05) is 11.6 Å². The lowest BCUT2D eigenvalue weighted by Crippen LogP contribution is -2.36. The minimum absolute atomic E-state index is 0.635. The van der Waals surface area contributed by atoms with E-state index in [0.29, 0.717) is 10.9 Å². The van der Waals surface area contributed by atoms with E-state index >= 15 is 0 Å². The zero-order valence-corrected chi connectivity index (χ0v) is 10.0. The predicted octanol–water partition coefficient (Wildman–Crippen LogP) is 1.70. The Morgan fingerprint density at radius 3 is 3.19 bits per heavy atom. The van der Waals surface area contributed by atoms with Crippen molar-refractivity contribution in [3.63, 3.8) is 0 Å². The molecule has 1 aliphatic heterocycles. The molecule has 1 fully saturated rings. The van der Waals surface area contributed by atoms with Crippen LogP contribution in [-0.2, 0) is 0 Å². The van der Waals surface area contributed by atoms with Crippen LogP contribution in [0.5, 0.6) is 0 Å². The fourth-order valence-corrected chi connectivity index (χ4v) is 2.49. The van der Waals surface area contributed by atoms with Crippen LogP contribution in [0.15, 0.2) is 12.5 Å². The number of hydrogen-bond donors (Lipinski definition) is 1. The van der Waals surface area contributed by atoms with Gasteiger partial charge in [-0.15, -0.1) is 0 Å². The highest BCUT2D eigenvalue weighted by Gasteiger charge is 2.21. The fraction of sp³-hybridized carbons (Fsp3) is 0.636. The molecule has 0 bridgehead atoms. The average molecular weight is 241 g/mol. The van der Waals surface area contributed by atoms with Crippen LogP contribution in [0.25, 0.3) is 0 Å². The van der Waals surface area contributed by atoms with E-state index in [1.807, 2.05) is 0 Å². The molecule has 1 saturated heterocycles. The summed E-state index contributed by atoms with van der Waals surface area (Å²) >= 11 is 6.09. The first-order valence-electron chi connectivity index (χ1n) is 5.71. The fourth-order valence-electron chi connectivity index (χ4n) is 2.27. The molecule has 1 unspecified atom stereocenters. The second-order valence-electron chi connectivity index (χ2n) is 4.23. The molecule has 0 amide bonds. The maximum absolute atomic E-state index is 6.09. The first-order chi connectivity index (χ1) is 7.81. The lowest BCUT2D eigenvalue weighted by Gasteiger charge is -2.33. The van der Waals surface area contributed by atoms with E-state index in [1.165, 1.54) is 12.8 Å². The molecule has 0 saturated carbocycles. The molecule has 1 aromatic rings. The van der Waals surface area contributed by atoms with Crippen LogP contribution in [0.1, 0.15) is 19.3 Å². The first-order valence-corrected chi connectivity index (χ1v) is 6.09. The van der Waals surface area contributed by atoms with Crippen molar-refractivity contribution in [2.75, 3.05) is 24.5 Å². The Morgan fingerprint density at radius 1 is 1.56 bits per heavy atom. The van der Waals surface area contributed by atoms with Crippen molar-refractivity contribution in [2.24, 2.45) is 11.7 Å². The van der Waals surface area contributed by atoms with Crippen LogP contribution >= 0.6 is 11.6 Å². The van der Waals surface area contributed by atoms with Crippen LogP contribution < -0.4 is 10.6 Å². The van der Waals surface area contributed by atoms with Gasteiger partial charge in [0.2, 0.25) is 0 Å². The van der Waals surface area contributed by atoms with Crippen LogP contribution in [0.3, 0.4) is 0 Å². The van der Waals surface area contributed by atoms with Gasteiger partial charge >= 0.3 is 0 Å². The Morgan fingerprint density at radius 2 is 2.44 bits per heavy atom. The number of hydrogen-bond acceptors (Lipinski definition) is 4. The minimum Gasteiger partial charge on any atom is -0.355 e. The average Bonchev–Trinajstić information content (AvgIpc) is 2.30. The molecule has 88 valence electrons. The molecule has 2 heterocycles. The number of aromatic nitrogens is 2. The summed E-state index contributed by atoms with van der Waals surface area (Å²) in [6.07, 6.45) is 6.73. The molecule has 4 nitrogen and oxygen atoms in total. The van der Waals surface area contributed by atoms with Crippen LogP contribution in [-0.4, -0.2) is 29.6 Å². The summed E-state index contributed by atoms with van der Waals surface area (Å²) in [5.41, 5.74) is 5.60. The van der Waals surface area contributed by atoms with Crippen molar-refractivity contribution < 1.29 is 0 Å². The van der Waals surface area contributed by atoms with Crippen molar-refractivity contribution in [1.29, 1.82) is 0 Å². The molecule has 5 heteroatoms. The zero-order valence-electron chi connectivity index (χ0n) is 9.27. The maximum Gasteiger partial charge on any atom is 0.150 e. The summed E-state index contributed by atoms with van der Waals surface area (Å²) in [6, 6.07) is 0. The Hall–Kier alpha value is -0.870. The molecule has 2 rings (SSSR count). The topological polar surface area (TPSA) is 55.0 Å². The third kappa shape index (κ3) is 2.62. The van der Waals surface area contributed by atoms with E-state index in [0.717, 1.165) is 31.9 Å². The van der Waals surface area contributed by atoms with E-state index in [4.69, 9.17) is 17.3 Å². The summed E-state index contributed by atoms with van der Waals surface area (Å²) in [5.74, 6) is 1.53. The number of rotatable bonds is 3. The van der Waals surface area contributed by atoms with Crippen molar-refractivity contribution in [3.05, 3.63) is 17.5 Å². The highest BCUT2D eigenvalue weighted by atomic mass is 35.5. The van der Waals surface area contributed by atoms with Crippen LogP contribution in [0.4, 0.5) is 5.82 Å². The molecule has 2 N–H and O–H groups in total. The molecule has 16 heavy (non-hydrogen) atoms. The van der Waals surface area contributed by atoms with Gasteiger partial charge in [0, 0.05) is 13.1 Å². The first kappa shape index (κ1) is 11.6. The van der Waals surface area contributed by atoms with E-state index in [1.54, 1.807) is 12.5 Å². The van der Waals surface area contributed by atoms with Crippen molar-refractivity contribution in [3.8, 4) is 0 Å². The Balaban J connectivity index is 2.07. The van der Waals surface area contributed by atoms with Gasteiger partial charge in [0.05, 0.1) is 6.20 Å². The molecule has 0 aliphatic carbocycles. The number of nitrogens with zero attached hydrogens (tertiary/aromatic N) is 3.